The number of methoxy groups -OCH3 is 1. The third-order valence-electron chi connectivity index (χ3n) is 3.50. The number of ether oxygens (including phenoxy) is 1. The molecule has 1 aliphatic carbocycles. The first-order valence-corrected chi connectivity index (χ1v) is 6.21. The van der Waals surface area contributed by atoms with Crippen molar-refractivity contribution in [3.8, 4) is 5.75 Å². The summed E-state index contributed by atoms with van der Waals surface area (Å²) in [6, 6.07) is 0.928. The second-order valence-corrected chi connectivity index (χ2v) is 5.30. The number of benzene rings is 1. The predicted octanol–water partition coefficient (Wildman–Crippen LogP) is 3.11. The topological polar surface area (TPSA) is 35.2 Å². The molecule has 0 heterocycles. The number of hydrogen-bond donors (Lipinski definition) is 1. The Hall–Kier alpha value is -0.680. The smallest absolute Gasteiger partial charge is 0.147 e. The molecule has 94 valence electrons. The fourth-order valence-electron chi connectivity index (χ4n) is 2.25. The van der Waals surface area contributed by atoms with E-state index in [0.29, 0.717) is 0 Å². The van der Waals surface area contributed by atoms with Crippen LogP contribution in [0.4, 0.5) is 8.78 Å². The van der Waals surface area contributed by atoms with Crippen molar-refractivity contribution >= 4 is 15.9 Å². The minimum Gasteiger partial charge on any atom is -0.495 e. The van der Waals surface area contributed by atoms with Gasteiger partial charge in [-0.25, -0.2) is 8.78 Å². The molecule has 1 aromatic carbocycles. The van der Waals surface area contributed by atoms with Crippen molar-refractivity contribution < 1.29 is 13.5 Å². The van der Waals surface area contributed by atoms with E-state index in [1.807, 2.05) is 0 Å². The van der Waals surface area contributed by atoms with E-state index in [9.17, 15) is 8.78 Å². The molecule has 0 spiro atoms. The molecule has 0 saturated heterocycles. The lowest BCUT2D eigenvalue weighted by Gasteiger charge is -2.22. The third kappa shape index (κ3) is 1.85. The van der Waals surface area contributed by atoms with Crippen molar-refractivity contribution in [1.29, 1.82) is 0 Å². The molecule has 2 rings (SSSR count). The van der Waals surface area contributed by atoms with Gasteiger partial charge in [-0.3, -0.25) is 0 Å². The molecule has 1 unspecified atom stereocenters. The summed E-state index contributed by atoms with van der Waals surface area (Å²) in [6.07, 6.45) is 1.44. The van der Waals surface area contributed by atoms with E-state index >= 15 is 0 Å². The number of nitrogens with two attached hydrogens (primary N) is 1. The van der Waals surface area contributed by atoms with Crippen molar-refractivity contribution in [2.45, 2.75) is 31.2 Å². The molecule has 5 heteroatoms. The molecule has 2 N–H and O–H groups in total. The van der Waals surface area contributed by atoms with Gasteiger partial charge in [-0.15, -0.1) is 0 Å². The van der Waals surface area contributed by atoms with Crippen molar-refractivity contribution in [1.82, 2.24) is 0 Å². The van der Waals surface area contributed by atoms with Crippen LogP contribution >= 0.6 is 15.9 Å². The highest BCUT2D eigenvalue weighted by Crippen LogP contribution is 2.53. The summed E-state index contributed by atoms with van der Waals surface area (Å²) in [5, 5.41) is 0. The monoisotopic (exact) mass is 305 g/mol. The molecule has 17 heavy (non-hydrogen) atoms. The summed E-state index contributed by atoms with van der Waals surface area (Å²) in [5.41, 5.74) is 5.37. The van der Waals surface area contributed by atoms with E-state index in [2.05, 4.69) is 15.9 Å². The second kappa shape index (κ2) is 4.21. The molecule has 1 saturated carbocycles. The Morgan fingerprint density at radius 1 is 1.47 bits per heavy atom. The summed E-state index contributed by atoms with van der Waals surface area (Å²) in [4.78, 5) is 0. The molecule has 1 atom stereocenters. The Kier molecular flexibility index (Phi) is 3.16. The normalized spacial score (nSPS) is 18.9. The summed E-state index contributed by atoms with van der Waals surface area (Å²) < 4.78 is 33.2. The number of rotatable bonds is 3. The summed E-state index contributed by atoms with van der Waals surface area (Å²) >= 11 is 3.09. The zero-order valence-electron chi connectivity index (χ0n) is 9.69. The van der Waals surface area contributed by atoms with E-state index in [1.165, 1.54) is 13.2 Å². The molecule has 2 nitrogen and oxygen atoms in total. The molecule has 0 amide bonds. The fourth-order valence-corrected chi connectivity index (χ4v) is 2.72. The van der Waals surface area contributed by atoms with E-state index < -0.39 is 17.0 Å². The van der Waals surface area contributed by atoms with Crippen LogP contribution in [-0.4, -0.2) is 13.2 Å². The van der Waals surface area contributed by atoms with Gasteiger partial charge in [0.1, 0.15) is 17.4 Å². The summed E-state index contributed by atoms with van der Waals surface area (Å²) in [6.45, 7) is 1.78. The minimum atomic E-state index is -0.600. The molecule has 0 bridgehead atoms. The second-order valence-electron chi connectivity index (χ2n) is 4.51. The average molecular weight is 306 g/mol. The highest BCUT2D eigenvalue weighted by atomic mass is 79.9. The van der Waals surface area contributed by atoms with Gasteiger partial charge in [-0.05, 0) is 35.7 Å². The number of hydrogen-bond acceptors (Lipinski definition) is 2. The Morgan fingerprint density at radius 2 is 2.06 bits per heavy atom. The van der Waals surface area contributed by atoms with Crippen LogP contribution in [0.15, 0.2) is 10.5 Å². The molecule has 1 aromatic rings. The van der Waals surface area contributed by atoms with Crippen molar-refractivity contribution in [3.63, 3.8) is 0 Å². The first-order chi connectivity index (χ1) is 7.94. The lowest BCUT2D eigenvalue weighted by molar-refractivity contribution is 0.396. The molecule has 1 aliphatic rings. The van der Waals surface area contributed by atoms with Gasteiger partial charge in [0.2, 0.25) is 0 Å². The van der Waals surface area contributed by atoms with Crippen LogP contribution in [0.1, 0.15) is 25.3 Å². The maximum Gasteiger partial charge on any atom is 0.147 e. The molecule has 1 fully saturated rings. The van der Waals surface area contributed by atoms with Crippen molar-refractivity contribution in [3.05, 3.63) is 27.7 Å². The zero-order valence-corrected chi connectivity index (χ0v) is 11.3. The largest absolute Gasteiger partial charge is 0.495 e. The van der Waals surface area contributed by atoms with Gasteiger partial charge in [0.15, 0.2) is 0 Å². The standard InChI is InChI=1S/C12H14BrF2NO/c1-6(16)12(3-4-12)9-7(14)5-8(17-2)10(13)11(9)15/h5-6H,3-4,16H2,1-2H3. The lowest BCUT2D eigenvalue weighted by atomic mass is 9.88. The summed E-state index contributed by atoms with van der Waals surface area (Å²) in [7, 11) is 1.37. The molecule has 0 aliphatic heterocycles. The Balaban J connectivity index is 2.60. The summed E-state index contributed by atoms with van der Waals surface area (Å²) in [5.74, 6) is -1.03. The zero-order chi connectivity index (χ0) is 12.8. The SMILES string of the molecule is COc1cc(F)c(C2(C(C)N)CC2)c(F)c1Br. The van der Waals surface area contributed by atoms with Crippen molar-refractivity contribution in [2.75, 3.05) is 7.11 Å². The highest BCUT2D eigenvalue weighted by Gasteiger charge is 2.51. The van der Waals surface area contributed by atoms with Gasteiger partial charge in [-0.2, -0.15) is 0 Å². The highest BCUT2D eigenvalue weighted by molar-refractivity contribution is 9.10. The Bertz CT molecular complexity index is 458. The first-order valence-electron chi connectivity index (χ1n) is 5.41. The molecule has 0 radical (unpaired) electrons. The van der Waals surface area contributed by atoms with E-state index in [-0.39, 0.29) is 21.8 Å². The molecule has 0 aromatic heterocycles. The van der Waals surface area contributed by atoms with Crippen LogP contribution in [0.2, 0.25) is 0 Å². The minimum absolute atomic E-state index is 0.0835. The van der Waals surface area contributed by atoms with Crippen LogP contribution in [-0.2, 0) is 5.41 Å². The van der Waals surface area contributed by atoms with Gasteiger partial charge in [-0.1, -0.05) is 0 Å². The number of halogens is 3. The molecular formula is C12H14BrF2NO. The van der Waals surface area contributed by atoms with Gasteiger partial charge in [0.25, 0.3) is 0 Å². The quantitative estimate of drug-likeness (QED) is 0.871. The van der Waals surface area contributed by atoms with Crippen LogP contribution < -0.4 is 10.5 Å². The fraction of sp³-hybridized carbons (Fsp3) is 0.500. The van der Waals surface area contributed by atoms with Crippen LogP contribution in [0.25, 0.3) is 0 Å². The van der Waals surface area contributed by atoms with Crippen LogP contribution in [0.3, 0.4) is 0 Å². The van der Waals surface area contributed by atoms with Gasteiger partial charge in [0, 0.05) is 23.1 Å². The van der Waals surface area contributed by atoms with E-state index in [1.54, 1.807) is 6.92 Å². The Labute approximate surface area is 107 Å². The maximum atomic E-state index is 14.2. The molecular weight excluding hydrogens is 292 g/mol. The van der Waals surface area contributed by atoms with E-state index in [0.717, 1.165) is 12.8 Å². The van der Waals surface area contributed by atoms with Crippen LogP contribution in [0, 0.1) is 11.6 Å². The van der Waals surface area contributed by atoms with Crippen LogP contribution in [0.5, 0.6) is 5.75 Å². The van der Waals surface area contributed by atoms with Gasteiger partial charge >= 0.3 is 0 Å². The average Bonchev–Trinajstić information content (AvgIpc) is 3.05. The first kappa shape index (κ1) is 12.8. The maximum absolute atomic E-state index is 14.2. The van der Waals surface area contributed by atoms with Gasteiger partial charge < -0.3 is 10.5 Å². The van der Waals surface area contributed by atoms with Gasteiger partial charge in [0.05, 0.1) is 11.6 Å². The lowest BCUT2D eigenvalue weighted by Crippen LogP contribution is -2.33. The Morgan fingerprint density at radius 3 is 2.47 bits per heavy atom. The van der Waals surface area contributed by atoms with E-state index in [4.69, 9.17) is 10.5 Å². The van der Waals surface area contributed by atoms with Crippen molar-refractivity contribution in [2.24, 2.45) is 5.73 Å². The third-order valence-corrected chi connectivity index (χ3v) is 4.24. The predicted molar refractivity (Wildman–Crippen MR) is 65.2 cm³/mol.